The van der Waals surface area contributed by atoms with E-state index < -0.39 is 0 Å². The largest absolute Gasteiger partial charge is 0.487 e. The first-order valence-electron chi connectivity index (χ1n) is 5.70. The lowest BCUT2D eigenvalue weighted by Gasteiger charge is -2.32. The number of nitrogens with two attached hydrogens (primary N) is 1. The molecule has 2 N–H and O–H groups in total. The first-order chi connectivity index (χ1) is 7.45. The first-order valence-corrected chi connectivity index (χ1v) is 5.70. The van der Waals surface area contributed by atoms with E-state index in [1.165, 1.54) is 0 Å². The molecule has 1 saturated carbocycles. The molecule has 0 spiro atoms. The van der Waals surface area contributed by atoms with Crippen molar-refractivity contribution in [3.63, 3.8) is 0 Å². The lowest BCUT2D eigenvalue weighted by molar-refractivity contribution is 0.0998. The summed E-state index contributed by atoms with van der Waals surface area (Å²) in [4.78, 5) is 8.63. The molecule has 1 aromatic rings. The Bertz CT molecular complexity index is 350. The van der Waals surface area contributed by atoms with Crippen molar-refractivity contribution in [1.82, 2.24) is 9.97 Å². The number of hydrogen-bond donors (Lipinski definition) is 1. The van der Waals surface area contributed by atoms with Gasteiger partial charge < -0.3 is 10.5 Å². The summed E-state index contributed by atoms with van der Waals surface area (Å²) >= 11 is 0. The molecular weight excluding hydrogens is 202 g/mol. The van der Waals surface area contributed by atoms with Crippen molar-refractivity contribution in [2.24, 2.45) is 5.73 Å². The molecule has 0 aliphatic heterocycles. The Morgan fingerprint density at radius 1 is 1.25 bits per heavy atom. The van der Waals surface area contributed by atoms with Crippen LogP contribution in [0.3, 0.4) is 0 Å². The van der Waals surface area contributed by atoms with E-state index in [1.54, 1.807) is 12.4 Å². The van der Waals surface area contributed by atoms with Crippen LogP contribution in [-0.4, -0.2) is 22.1 Å². The molecule has 0 atom stereocenters. The Balaban J connectivity index is 1.97. The summed E-state index contributed by atoms with van der Waals surface area (Å²) in [6, 6.07) is 0.305. The normalized spacial score (nSPS) is 25.0. The van der Waals surface area contributed by atoms with Gasteiger partial charge in [-0.3, -0.25) is 0 Å². The van der Waals surface area contributed by atoms with Crippen LogP contribution in [0.1, 0.15) is 39.4 Å². The highest BCUT2D eigenvalue weighted by Crippen LogP contribution is 2.24. The number of rotatable bonds is 2. The number of ether oxygens (including phenoxy) is 1. The van der Waals surface area contributed by atoms with Gasteiger partial charge in [0.1, 0.15) is 11.9 Å². The van der Waals surface area contributed by atoms with E-state index in [0.29, 0.717) is 6.04 Å². The number of hydrogen-bond acceptors (Lipinski definition) is 4. The fourth-order valence-corrected chi connectivity index (χ4v) is 1.66. The van der Waals surface area contributed by atoms with E-state index in [-0.39, 0.29) is 11.5 Å². The number of aromatic nitrogens is 2. The standard InChI is InChI=1S/C12H19N3O/c1-12(2,3)11-14-6-10(7-15-11)16-9-4-8(13)5-9/h6-9H,4-5,13H2,1-3H3. The van der Waals surface area contributed by atoms with E-state index >= 15 is 0 Å². The molecule has 1 heterocycles. The topological polar surface area (TPSA) is 61.0 Å². The van der Waals surface area contributed by atoms with Crippen molar-refractivity contribution in [1.29, 1.82) is 0 Å². The van der Waals surface area contributed by atoms with E-state index in [1.807, 2.05) is 0 Å². The molecule has 0 amide bonds. The molecule has 0 radical (unpaired) electrons. The Labute approximate surface area is 96.2 Å². The second kappa shape index (κ2) is 4.01. The maximum atomic E-state index is 5.69. The summed E-state index contributed by atoms with van der Waals surface area (Å²) in [5.41, 5.74) is 5.68. The van der Waals surface area contributed by atoms with Crippen molar-refractivity contribution in [2.75, 3.05) is 0 Å². The van der Waals surface area contributed by atoms with E-state index in [9.17, 15) is 0 Å². The van der Waals surface area contributed by atoms with Crippen LogP contribution in [-0.2, 0) is 5.41 Å². The zero-order valence-electron chi connectivity index (χ0n) is 10.1. The highest BCUT2D eigenvalue weighted by Gasteiger charge is 2.27. The molecule has 4 heteroatoms. The van der Waals surface area contributed by atoms with Gasteiger partial charge in [0, 0.05) is 11.5 Å². The van der Waals surface area contributed by atoms with Gasteiger partial charge in [0.15, 0.2) is 5.75 Å². The summed E-state index contributed by atoms with van der Waals surface area (Å²) in [7, 11) is 0. The third-order valence-corrected chi connectivity index (χ3v) is 2.73. The van der Waals surface area contributed by atoms with Crippen LogP contribution in [0.15, 0.2) is 12.4 Å². The Hall–Kier alpha value is -1.16. The van der Waals surface area contributed by atoms with Gasteiger partial charge >= 0.3 is 0 Å². The second-order valence-electron chi connectivity index (χ2n) is 5.46. The third kappa shape index (κ3) is 2.50. The summed E-state index contributed by atoms with van der Waals surface area (Å²) in [6.45, 7) is 6.27. The van der Waals surface area contributed by atoms with E-state index in [4.69, 9.17) is 10.5 Å². The smallest absolute Gasteiger partial charge is 0.156 e. The lowest BCUT2D eigenvalue weighted by atomic mass is 9.90. The minimum absolute atomic E-state index is 0.0165. The fourth-order valence-electron chi connectivity index (χ4n) is 1.66. The van der Waals surface area contributed by atoms with E-state index in [0.717, 1.165) is 24.4 Å². The van der Waals surface area contributed by atoms with Crippen molar-refractivity contribution >= 4 is 0 Å². The average Bonchev–Trinajstić information content (AvgIpc) is 2.15. The Morgan fingerprint density at radius 2 is 1.81 bits per heavy atom. The highest BCUT2D eigenvalue weighted by atomic mass is 16.5. The van der Waals surface area contributed by atoms with Crippen molar-refractivity contribution in [2.45, 2.75) is 51.2 Å². The van der Waals surface area contributed by atoms with Crippen LogP contribution in [0.5, 0.6) is 5.75 Å². The van der Waals surface area contributed by atoms with Crippen LogP contribution in [0.25, 0.3) is 0 Å². The lowest BCUT2D eigenvalue weighted by Crippen LogP contribution is -2.43. The molecule has 2 rings (SSSR count). The molecule has 1 aliphatic carbocycles. The molecule has 88 valence electrons. The zero-order valence-corrected chi connectivity index (χ0v) is 10.1. The Kier molecular flexibility index (Phi) is 2.84. The van der Waals surface area contributed by atoms with Crippen molar-refractivity contribution in [3.8, 4) is 5.75 Å². The third-order valence-electron chi connectivity index (χ3n) is 2.73. The SMILES string of the molecule is CC(C)(C)c1ncc(OC2CC(N)C2)cn1. The van der Waals surface area contributed by atoms with Gasteiger partial charge in [0.2, 0.25) is 0 Å². The fraction of sp³-hybridized carbons (Fsp3) is 0.667. The summed E-state index contributed by atoms with van der Waals surface area (Å²) in [6.07, 6.45) is 5.61. The van der Waals surface area contributed by atoms with Gasteiger partial charge in [-0.2, -0.15) is 0 Å². The summed E-state index contributed by atoms with van der Waals surface area (Å²) < 4.78 is 5.68. The van der Waals surface area contributed by atoms with Crippen LogP contribution in [0.4, 0.5) is 0 Å². The van der Waals surface area contributed by atoms with Crippen molar-refractivity contribution in [3.05, 3.63) is 18.2 Å². The zero-order chi connectivity index (χ0) is 11.8. The molecular formula is C12H19N3O. The molecule has 4 nitrogen and oxygen atoms in total. The quantitative estimate of drug-likeness (QED) is 0.824. The molecule has 0 saturated heterocycles. The predicted molar refractivity (Wildman–Crippen MR) is 62.4 cm³/mol. The predicted octanol–water partition coefficient (Wildman–Crippen LogP) is 1.64. The molecule has 1 aromatic heterocycles. The van der Waals surface area contributed by atoms with Crippen LogP contribution in [0, 0.1) is 0 Å². The van der Waals surface area contributed by atoms with Gasteiger partial charge in [-0.25, -0.2) is 9.97 Å². The average molecular weight is 221 g/mol. The summed E-state index contributed by atoms with van der Waals surface area (Å²) in [5.74, 6) is 1.58. The molecule has 16 heavy (non-hydrogen) atoms. The molecule has 0 bridgehead atoms. The van der Waals surface area contributed by atoms with E-state index in [2.05, 4.69) is 30.7 Å². The van der Waals surface area contributed by atoms with Crippen molar-refractivity contribution < 1.29 is 4.74 Å². The Morgan fingerprint density at radius 3 is 2.25 bits per heavy atom. The number of nitrogens with zero attached hydrogens (tertiary/aromatic N) is 2. The highest BCUT2D eigenvalue weighted by molar-refractivity contribution is 5.16. The van der Waals surface area contributed by atoms with Gasteiger partial charge in [0.25, 0.3) is 0 Å². The minimum Gasteiger partial charge on any atom is -0.487 e. The maximum Gasteiger partial charge on any atom is 0.156 e. The minimum atomic E-state index is -0.0165. The monoisotopic (exact) mass is 221 g/mol. The van der Waals surface area contributed by atoms with Gasteiger partial charge in [-0.15, -0.1) is 0 Å². The van der Waals surface area contributed by atoms with Crippen LogP contribution < -0.4 is 10.5 Å². The molecule has 0 aromatic carbocycles. The van der Waals surface area contributed by atoms with Gasteiger partial charge in [-0.1, -0.05) is 20.8 Å². The van der Waals surface area contributed by atoms with Gasteiger partial charge in [-0.05, 0) is 12.8 Å². The second-order valence-corrected chi connectivity index (χ2v) is 5.46. The maximum absolute atomic E-state index is 5.69. The molecule has 1 fully saturated rings. The first kappa shape index (κ1) is 11.3. The van der Waals surface area contributed by atoms with Crippen LogP contribution in [0.2, 0.25) is 0 Å². The van der Waals surface area contributed by atoms with Gasteiger partial charge in [0.05, 0.1) is 12.4 Å². The molecule has 0 unspecified atom stereocenters. The summed E-state index contributed by atoms with van der Waals surface area (Å²) in [5, 5.41) is 0. The molecule has 1 aliphatic rings. The van der Waals surface area contributed by atoms with Crippen LogP contribution >= 0.6 is 0 Å².